The lowest BCUT2D eigenvalue weighted by Gasteiger charge is -2.09. The van der Waals surface area contributed by atoms with Crippen LogP contribution in [0.25, 0.3) is 0 Å². The third-order valence-corrected chi connectivity index (χ3v) is 2.15. The van der Waals surface area contributed by atoms with Gasteiger partial charge in [0.25, 0.3) is 5.91 Å². The van der Waals surface area contributed by atoms with Gasteiger partial charge in [-0.1, -0.05) is 19.9 Å². The van der Waals surface area contributed by atoms with Crippen molar-refractivity contribution in [3.63, 3.8) is 0 Å². The Morgan fingerprint density at radius 2 is 2.11 bits per heavy atom. The lowest BCUT2D eigenvalue weighted by Crippen LogP contribution is -2.42. The van der Waals surface area contributed by atoms with E-state index in [0.29, 0.717) is 23.9 Å². The third-order valence-electron chi connectivity index (χ3n) is 2.15. The van der Waals surface area contributed by atoms with Crippen LogP contribution in [0, 0.1) is 5.92 Å². The molecule has 6 nitrogen and oxygen atoms in total. The van der Waals surface area contributed by atoms with Gasteiger partial charge in [-0.15, -0.1) is 0 Å². The molecule has 0 fully saturated rings. The van der Waals surface area contributed by atoms with Gasteiger partial charge >= 0.3 is 6.03 Å². The van der Waals surface area contributed by atoms with Gasteiger partial charge in [-0.25, -0.2) is 4.79 Å². The van der Waals surface area contributed by atoms with Crippen molar-refractivity contribution in [3.8, 4) is 5.75 Å². The van der Waals surface area contributed by atoms with E-state index < -0.39 is 11.9 Å². The number of amides is 3. The Hall–Kier alpha value is -2.24. The molecule has 1 aromatic carbocycles. The number of nitrogens with two attached hydrogens (primary N) is 1. The number of benzene rings is 1. The Kier molecular flexibility index (Phi) is 5.66. The number of hydrogen-bond acceptors (Lipinski definition) is 4. The number of carbonyl (C=O) groups excluding carboxylic acids is 2. The molecule has 4 N–H and O–H groups in total. The summed E-state index contributed by atoms with van der Waals surface area (Å²) in [4.78, 5) is 22.7. The summed E-state index contributed by atoms with van der Waals surface area (Å²) >= 11 is 0. The molecule has 0 heterocycles. The number of urea groups is 1. The Morgan fingerprint density at radius 1 is 1.37 bits per heavy atom. The first-order valence-corrected chi connectivity index (χ1v) is 6.03. The summed E-state index contributed by atoms with van der Waals surface area (Å²) in [6.45, 7) is 4.20. The average Bonchev–Trinajstić information content (AvgIpc) is 2.34. The van der Waals surface area contributed by atoms with Gasteiger partial charge in [0.15, 0.2) is 6.61 Å². The van der Waals surface area contributed by atoms with Crippen LogP contribution in [0.1, 0.15) is 13.8 Å². The highest BCUT2D eigenvalue weighted by atomic mass is 16.5. The number of carbonyl (C=O) groups is 2. The van der Waals surface area contributed by atoms with Crippen LogP contribution in [0.2, 0.25) is 0 Å². The first-order valence-electron chi connectivity index (χ1n) is 6.03. The van der Waals surface area contributed by atoms with Crippen LogP contribution in [0.4, 0.5) is 10.5 Å². The van der Waals surface area contributed by atoms with Crippen LogP contribution in [0.5, 0.6) is 5.75 Å². The van der Waals surface area contributed by atoms with Crippen molar-refractivity contribution < 1.29 is 14.3 Å². The highest BCUT2D eigenvalue weighted by Gasteiger charge is 2.08. The molecule has 6 heteroatoms. The lowest BCUT2D eigenvalue weighted by atomic mass is 10.2. The zero-order chi connectivity index (χ0) is 14.3. The second-order valence-corrected chi connectivity index (χ2v) is 4.51. The number of nitrogens with one attached hydrogen (secondary N) is 2. The van der Waals surface area contributed by atoms with E-state index in [0.717, 1.165) is 0 Å². The summed E-state index contributed by atoms with van der Waals surface area (Å²) in [6.07, 6.45) is 0. The van der Waals surface area contributed by atoms with Gasteiger partial charge in [-0.2, -0.15) is 0 Å². The van der Waals surface area contributed by atoms with Gasteiger partial charge in [-0.05, 0) is 18.1 Å². The number of ether oxygens (including phenoxy) is 1. The van der Waals surface area contributed by atoms with Crippen molar-refractivity contribution in [1.82, 2.24) is 10.6 Å². The second kappa shape index (κ2) is 7.25. The van der Waals surface area contributed by atoms with Gasteiger partial charge in [0.1, 0.15) is 5.75 Å². The van der Waals surface area contributed by atoms with Gasteiger partial charge in [0.05, 0.1) is 0 Å². The predicted molar refractivity (Wildman–Crippen MR) is 72.7 cm³/mol. The molecule has 0 spiro atoms. The highest BCUT2D eigenvalue weighted by molar-refractivity contribution is 5.94. The lowest BCUT2D eigenvalue weighted by molar-refractivity contribution is -0.122. The van der Waals surface area contributed by atoms with Crippen LogP contribution in [-0.4, -0.2) is 25.1 Å². The fraction of sp³-hybridized carbons (Fsp3) is 0.385. The van der Waals surface area contributed by atoms with E-state index in [9.17, 15) is 9.59 Å². The molecule has 0 aliphatic heterocycles. The van der Waals surface area contributed by atoms with E-state index in [2.05, 4.69) is 10.6 Å². The minimum Gasteiger partial charge on any atom is -0.484 e. The zero-order valence-electron chi connectivity index (χ0n) is 11.1. The minimum atomic E-state index is -0.519. The Labute approximate surface area is 112 Å². The molecule has 0 aromatic heterocycles. The molecular weight excluding hydrogens is 246 g/mol. The molecule has 0 unspecified atom stereocenters. The molecule has 0 radical (unpaired) electrons. The smallest absolute Gasteiger partial charge is 0.321 e. The summed E-state index contributed by atoms with van der Waals surface area (Å²) in [7, 11) is 0. The zero-order valence-corrected chi connectivity index (χ0v) is 11.1. The highest BCUT2D eigenvalue weighted by Crippen LogP contribution is 2.13. The predicted octanol–water partition coefficient (Wildman–Crippen LogP) is 1.13. The molecule has 0 saturated carbocycles. The fourth-order valence-corrected chi connectivity index (χ4v) is 1.26. The summed E-state index contributed by atoms with van der Waals surface area (Å²) in [6, 6.07) is 6.20. The molecule has 0 aliphatic carbocycles. The quantitative estimate of drug-likeness (QED) is 0.696. The first-order chi connectivity index (χ1) is 8.97. The summed E-state index contributed by atoms with van der Waals surface area (Å²) < 4.78 is 5.20. The van der Waals surface area contributed by atoms with Crippen molar-refractivity contribution in [2.45, 2.75) is 13.8 Å². The molecular formula is C13H19N3O3. The van der Waals surface area contributed by atoms with E-state index in [1.165, 1.54) is 0 Å². The number of nitrogen functional groups attached to an aromatic ring is 1. The van der Waals surface area contributed by atoms with Crippen molar-refractivity contribution in [2.24, 2.45) is 5.92 Å². The summed E-state index contributed by atoms with van der Waals surface area (Å²) in [5.41, 5.74) is 6.12. The second-order valence-electron chi connectivity index (χ2n) is 4.51. The monoisotopic (exact) mass is 265 g/mol. The molecule has 1 rings (SSSR count). The first kappa shape index (κ1) is 14.8. The summed E-state index contributed by atoms with van der Waals surface area (Å²) in [5, 5.41) is 4.75. The van der Waals surface area contributed by atoms with Gasteiger partial charge < -0.3 is 15.8 Å². The largest absolute Gasteiger partial charge is 0.484 e. The van der Waals surface area contributed by atoms with Crippen molar-refractivity contribution in [3.05, 3.63) is 24.3 Å². The van der Waals surface area contributed by atoms with Gasteiger partial charge in [0, 0.05) is 18.3 Å². The maximum Gasteiger partial charge on any atom is 0.321 e. The molecule has 0 atom stereocenters. The molecule has 0 aliphatic rings. The molecule has 19 heavy (non-hydrogen) atoms. The molecule has 0 bridgehead atoms. The van der Waals surface area contributed by atoms with Gasteiger partial charge in [0.2, 0.25) is 0 Å². The number of rotatable bonds is 5. The maximum absolute atomic E-state index is 11.4. The van der Waals surface area contributed by atoms with E-state index >= 15 is 0 Å². The topological polar surface area (TPSA) is 93.5 Å². The standard InChI is InChI=1S/C13H19N3O3/c1-9(2)7-15-13(18)16-12(17)8-19-11-5-3-4-10(14)6-11/h3-6,9H,7-8,14H2,1-2H3,(H2,15,16,17,18). The molecule has 3 amide bonds. The Morgan fingerprint density at radius 3 is 2.74 bits per heavy atom. The van der Waals surface area contributed by atoms with Crippen LogP contribution < -0.4 is 21.1 Å². The van der Waals surface area contributed by atoms with Crippen LogP contribution in [0.15, 0.2) is 24.3 Å². The van der Waals surface area contributed by atoms with E-state index in [1.807, 2.05) is 13.8 Å². The maximum atomic E-state index is 11.4. The Bertz CT molecular complexity index is 447. The summed E-state index contributed by atoms with van der Waals surface area (Å²) in [5.74, 6) is 0.297. The van der Waals surface area contributed by atoms with Crippen molar-refractivity contribution in [1.29, 1.82) is 0 Å². The number of imide groups is 1. The van der Waals surface area contributed by atoms with E-state index in [-0.39, 0.29) is 6.61 Å². The number of anilines is 1. The van der Waals surface area contributed by atoms with Gasteiger partial charge in [-0.3, -0.25) is 10.1 Å². The number of hydrogen-bond donors (Lipinski definition) is 3. The SMILES string of the molecule is CC(C)CNC(=O)NC(=O)COc1cccc(N)c1. The normalized spacial score (nSPS) is 10.1. The third kappa shape index (κ3) is 6.30. The van der Waals surface area contributed by atoms with E-state index in [1.54, 1.807) is 24.3 Å². The Balaban J connectivity index is 2.30. The van der Waals surface area contributed by atoms with Crippen LogP contribution in [0.3, 0.4) is 0 Å². The molecule has 104 valence electrons. The molecule has 0 saturated heterocycles. The van der Waals surface area contributed by atoms with Crippen molar-refractivity contribution in [2.75, 3.05) is 18.9 Å². The minimum absolute atomic E-state index is 0.238. The molecule has 1 aromatic rings. The average molecular weight is 265 g/mol. The van der Waals surface area contributed by atoms with Crippen LogP contribution >= 0.6 is 0 Å². The van der Waals surface area contributed by atoms with Crippen molar-refractivity contribution >= 4 is 17.6 Å². The van der Waals surface area contributed by atoms with Crippen LogP contribution in [-0.2, 0) is 4.79 Å². The fourth-order valence-electron chi connectivity index (χ4n) is 1.26. The van der Waals surface area contributed by atoms with E-state index in [4.69, 9.17) is 10.5 Å².